The quantitative estimate of drug-likeness (QED) is 0.187. The highest BCUT2D eigenvalue weighted by molar-refractivity contribution is 5.94. The number of aromatic nitrogens is 4. The highest BCUT2D eigenvalue weighted by Gasteiger charge is 2.34. The molecule has 0 amide bonds. The number of hydrogen-bond donors (Lipinski definition) is 2. The molecule has 2 aliphatic heterocycles. The topological polar surface area (TPSA) is 57.4 Å². The molecule has 0 saturated carbocycles. The fourth-order valence-corrected chi connectivity index (χ4v) is 6.11. The van der Waals surface area contributed by atoms with Gasteiger partial charge in [0.25, 0.3) is 0 Å². The first-order valence-corrected chi connectivity index (χ1v) is 15.3. The molecule has 2 aliphatic rings. The third-order valence-electron chi connectivity index (χ3n) is 8.27. The fraction of sp³-hybridized carbons (Fsp3) is 0.0244. The third-order valence-corrected chi connectivity index (χ3v) is 8.27. The summed E-state index contributed by atoms with van der Waals surface area (Å²) in [5, 5.41) is 0. The normalized spacial score (nSPS) is 12.1. The van der Waals surface area contributed by atoms with E-state index < -0.39 is 11.7 Å². The minimum atomic E-state index is -4.66. The van der Waals surface area contributed by atoms with E-state index in [0.717, 1.165) is 16.7 Å². The Hall–Kier alpha value is -6.39. The molecule has 0 atom stereocenters. The van der Waals surface area contributed by atoms with Crippen LogP contribution in [0.3, 0.4) is 0 Å². The van der Waals surface area contributed by atoms with Gasteiger partial charge in [-0.05, 0) is 71.8 Å². The number of nitrogens with zero attached hydrogens (tertiary/aromatic N) is 2. The lowest BCUT2D eigenvalue weighted by Gasteiger charge is -2.07. The number of fused-ring (bicyclic) bond motifs is 8. The molecule has 2 N–H and O–H groups in total. The Labute approximate surface area is 274 Å². The van der Waals surface area contributed by atoms with Crippen molar-refractivity contribution in [1.82, 2.24) is 19.9 Å². The maximum atomic E-state index is 14.9. The van der Waals surface area contributed by atoms with Crippen molar-refractivity contribution in [3.63, 3.8) is 0 Å². The molecular formula is C41H25F3N4. The zero-order chi connectivity index (χ0) is 32.7. The second kappa shape index (κ2) is 11.8. The van der Waals surface area contributed by atoms with Crippen LogP contribution in [-0.2, 0) is 6.18 Å². The number of rotatable bonds is 2. The predicted octanol–water partition coefficient (Wildman–Crippen LogP) is 10.4. The maximum Gasteiger partial charge on any atom is 0.420 e. The molecule has 6 aromatic rings. The molecule has 8 rings (SSSR count). The number of H-pyrrole nitrogens is 2. The summed E-state index contributed by atoms with van der Waals surface area (Å²) in [7, 11) is 0. The van der Waals surface area contributed by atoms with Gasteiger partial charge in [-0.3, -0.25) is 0 Å². The average molecular weight is 631 g/mol. The van der Waals surface area contributed by atoms with Crippen LogP contribution in [0.25, 0.3) is 68.6 Å². The van der Waals surface area contributed by atoms with Crippen molar-refractivity contribution < 1.29 is 13.2 Å². The first-order valence-electron chi connectivity index (χ1n) is 15.3. The summed E-state index contributed by atoms with van der Waals surface area (Å²) in [5.41, 5.74) is 6.91. The Balaban J connectivity index is 1.55. The minimum Gasteiger partial charge on any atom is -0.354 e. The third kappa shape index (κ3) is 5.40. The summed E-state index contributed by atoms with van der Waals surface area (Å²) in [6, 6.07) is 35.0. The van der Waals surface area contributed by atoms with Gasteiger partial charge in [0.2, 0.25) is 0 Å². The monoisotopic (exact) mass is 630 g/mol. The molecule has 5 heterocycles. The summed E-state index contributed by atoms with van der Waals surface area (Å²) >= 11 is 0. The van der Waals surface area contributed by atoms with Gasteiger partial charge in [-0.1, -0.05) is 90.7 Å². The number of alkyl halides is 3. The molecule has 0 saturated heterocycles. The molecule has 3 aromatic carbocycles. The predicted molar refractivity (Wildman–Crippen MR) is 187 cm³/mol. The van der Waals surface area contributed by atoms with E-state index in [1.54, 1.807) is 12.1 Å². The van der Waals surface area contributed by atoms with Crippen LogP contribution in [0.5, 0.6) is 0 Å². The van der Waals surface area contributed by atoms with Crippen molar-refractivity contribution in [2.45, 2.75) is 6.18 Å². The van der Waals surface area contributed by atoms with E-state index in [1.807, 2.05) is 115 Å². The number of hydrogen-bond acceptors (Lipinski definition) is 2. The lowest BCUT2D eigenvalue weighted by Crippen LogP contribution is -2.06. The summed E-state index contributed by atoms with van der Waals surface area (Å²) in [4.78, 5) is 16.3. The summed E-state index contributed by atoms with van der Waals surface area (Å²) in [5.74, 6) is 6.61. The minimum absolute atomic E-state index is 0.0610. The Bertz CT molecular complexity index is 2340. The Morgan fingerprint density at radius 3 is 1.33 bits per heavy atom. The number of nitrogens with one attached hydrogen (secondary N) is 2. The highest BCUT2D eigenvalue weighted by Crippen LogP contribution is 2.38. The van der Waals surface area contributed by atoms with Gasteiger partial charge >= 0.3 is 6.18 Å². The molecule has 4 nitrogen and oxygen atoms in total. The lowest BCUT2D eigenvalue weighted by atomic mass is 10.0. The van der Waals surface area contributed by atoms with Crippen LogP contribution in [-0.4, -0.2) is 19.9 Å². The highest BCUT2D eigenvalue weighted by atomic mass is 19.4. The molecule has 230 valence electrons. The SMILES string of the molecule is FC(F)(F)c1c2ccc([nH]2)c(-c2ccccc2)c2nc(c(C#Cc3ccccc3)c3nc(c(-c4ccccc4)c4ccc1[nH]4)C=C3)C=C2. The van der Waals surface area contributed by atoms with E-state index in [9.17, 15) is 13.2 Å². The van der Waals surface area contributed by atoms with Crippen LogP contribution < -0.4 is 0 Å². The van der Waals surface area contributed by atoms with Crippen LogP contribution in [0.1, 0.15) is 39.5 Å². The van der Waals surface area contributed by atoms with E-state index in [1.165, 1.54) is 12.1 Å². The Morgan fingerprint density at radius 2 is 0.875 bits per heavy atom. The van der Waals surface area contributed by atoms with Gasteiger partial charge in [0.1, 0.15) is 5.56 Å². The molecule has 3 aromatic heterocycles. The van der Waals surface area contributed by atoms with Crippen molar-refractivity contribution in [2.75, 3.05) is 0 Å². The lowest BCUT2D eigenvalue weighted by molar-refractivity contribution is -0.135. The van der Waals surface area contributed by atoms with E-state index in [-0.39, 0.29) is 11.0 Å². The van der Waals surface area contributed by atoms with Crippen LogP contribution in [0.2, 0.25) is 0 Å². The number of halogens is 3. The number of benzene rings is 3. The van der Waals surface area contributed by atoms with Crippen molar-refractivity contribution in [3.05, 3.63) is 155 Å². The zero-order valence-electron chi connectivity index (χ0n) is 25.3. The molecule has 48 heavy (non-hydrogen) atoms. The molecule has 0 radical (unpaired) electrons. The van der Waals surface area contributed by atoms with Gasteiger partial charge in [0, 0.05) is 27.7 Å². The summed E-state index contributed by atoms with van der Waals surface area (Å²) in [6.07, 6.45) is 2.85. The molecule has 7 heteroatoms. The smallest absolute Gasteiger partial charge is 0.354 e. The second-order valence-electron chi connectivity index (χ2n) is 11.3. The van der Waals surface area contributed by atoms with Crippen LogP contribution in [0.4, 0.5) is 13.2 Å². The first kappa shape index (κ1) is 29.0. The maximum absolute atomic E-state index is 14.9. The summed E-state index contributed by atoms with van der Waals surface area (Å²) in [6.45, 7) is 0. The molecule has 0 aliphatic carbocycles. The Kier molecular flexibility index (Phi) is 7.11. The van der Waals surface area contributed by atoms with Crippen LogP contribution in [0.15, 0.2) is 115 Å². The van der Waals surface area contributed by atoms with Gasteiger partial charge < -0.3 is 9.97 Å². The number of aromatic amines is 2. The van der Waals surface area contributed by atoms with E-state index in [2.05, 4.69) is 21.8 Å². The van der Waals surface area contributed by atoms with Gasteiger partial charge in [-0.25, -0.2) is 9.97 Å². The molecule has 8 bridgehead atoms. The standard InChI is InChI=1S/C41H25F3N4/c42-41(43,44)40-36-24-22-34(47-36)38(27-12-6-2-7-13-27)32-20-18-30(45-32)29(17-16-26-10-4-1-5-11-26)31-19-21-33(46-31)39(28-14-8-3-9-15-28)35-23-25-37(40)48-35/h1-15,18-25,47-48H. The van der Waals surface area contributed by atoms with Crippen molar-refractivity contribution in [2.24, 2.45) is 0 Å². The van der Waals surface area contributed by atoms with Crippen molar-refractivity contribution >= 4 is 46.4 Å². The first-order chi connectivity index (χ1) is 23.4. The largest absolute Gasteiger partial charge is 0.420 e. The van der Waals surface area contributed by atoms with Crippen molar-refractivity contribution in [1.29, 1.82) is 0 Å². The molecule has 0 spiro atoms. The zero-order valence-corrected chi connectivity index (χ0v) is 25.3. The van der Waals surface area contributed by atoms with E-state index in [4.69, 9.17) is 9.97 Å². The fourth-order valence-electron chi connectivity index (χ4n) is 6.11. The van der Waals surface area contributed by atoms with Gasteiger partial charge in [-0.15, -0.1) is 0 Å². The molecule has 0 fully saturated rings. The van der Waals surface area contributed by atoms with Crippen LogP contribution >= 0.6 is 0 Å². The Morgan fingerprint density at radius 1 is 0.458 bits per heavy atom. The van der Waals surface area contributed by atoms with Gasteiger partial charge in [-0.2, -0.15) is 13.2 Å². The molecular weight excluding hydrogens is 605 g/mol. The molecule has 0 unspecified atom stereocenters. The van der Waals surface area contributed by atoms with Gasteiger partial charge in [0.15, 0.2) is 0 Å². The average Bonchev–Trinajstić information content (AvgIpc) is 3.93. The second-order valence-corrected chi connectivity index (χ2v) is 11.3. The van der Waals surface area contributed by atoms with E-state index in [0.29, 0.717) is 50.5 Å². The van der Waals surface area contributed by atoms with Crippen LogP contribution in [0, 0.1) is 11.8 Å². The van der Waals surface area contributed by atoms with E-state index >= 15 is 0 Å². The van der Waals surface area contributed by atoms with Gasteiger partial charge in [0.05, 0.1) is 39.4 Å². The van der Waals surface area contributed by atoms with Crippen molar-refractivity contribution in [3.8, 4) is 34.1 Å². The summed E-state index contributed by atoms with van der Waals surface area (Å²) < 4.78 is 44.6.